The molecule has 123 heavy (non-hydrogen) atoms. The number of sulfone groups is 2. The van der Waals surface area contributed by atoms with Crippen LogP contribution in [0.5, 0.6) is 0 Å². The van der Waals surface area contributed by atoms with E-state index in [1.807, 2.05) is 168 Å². The summed E-state index contributed by atoms with van der Waals surface area (Å²) in [4.78, 5) is 131. The molecule has 1 heterocycles. The number of imide groups is 1. The second-order valence-electron chi connectivity index (χ2n) is 34.6. The van der Waals surface area contributed by atoms with Gasteiger partial charge in [-0.25, -0.2) is 31.8 Å². The summed E-state index contributed by atoms with van der Waals surface area (Å²) in [7, 11) is 0.693. The highest BCUT2D eigenvalue weighted by Gasteiger charge is 2.27. The van der Waals surface area contributed by atoms with Crippen LogP contribution < -0.4 is 16.5 Å². The van der Waals surface area contributed by atoms with Crippen LogP contribution in [0.2, 0.25) is 5.02 Å². The fourth-order valence-electron chi connectivity index (χ4n) is 8.77. The van der Waals surface area contributed by atoms with E-state index in [0.717, 1.165) is 57.5 Å². The number of carbonyl (C=O) groups is 11. The fraction of sp³-hybridized carbons (Fsp3) is 0.703. The first-order valence-electron chi connectivity index (χ1n) is 41.9. The highest BCUT2D eigenvalue weighted by Crippen LogP contribution is 2.15. The zero-order chi connectivity index (χ0) is 98.9. The van der Waals surface area contributed by atoms with Gasteiger partial charge in [0.25, 0.3) is 5.91 Å². The fourth-order valence-corrected chi connectivity index (χ4v) is 12.8. The number of nitrogens with two attached hydrogens (primary N) is 1. The lowest BCUT2D eigenvalue weighted by atomic mass is 9.99. The van der Waals surface area contributed by atoms with Crippen molar-refractivity contribution >= 4 is 147 Å². The summed E-state index contributed by atoms with van der Waals surface area (Å²) in [6.45, 7) is 58.9. The maximum Gasteiger partial charge on any atom is 0.251 e. The molecule has 4 N–H and O–H groups in total. The molecule has 0 fully saturated rings. The number of Topliss-reactive ketones (excluding diaryl/α,β-unsaturated/α-hetero) is 5. The number of hydrogen-bond acceptors (Lipinski definition) is 23. The van der Waals surface area contributed by atoms with Gasteiger partial charge < -0.3 is 20.4 Å². The van der Waals surface area contributed by atoms with E-state index in [0.29, 0.717) is 96.0 Å². The Hall–Kier alpha value is -5.90. The average Bonchev–Trinajstić information content (AvgIpc) is 1.17. The molecule has 3 aromatic rings. The lowest BCUT2D eigenvalue weighted by Crippen LogP contribution is -2.53. The van der Waals surface area contributed by atoms with Gasteiger partial charge in [0.05, 0.1) is 23.4 Å². The Morgan fingerprint density at radius 3 is 1.19 bits per heavy atom. The van der Waals surface area contributed by atoms with Gasteiger partial charge in [-0.2, -0.15) is 16.8 Å². The Bertz CT molecular complexity index is 3610. The van der Waals surface area contributed by atoms with E-state index in [2.05, 4.69) is 76.2 Å². The van der Waals surface area contributed by atoms with Crippen LogP contribution in [0.3, 0.4) is 0 Å². The number of nitrogens with one attached hydrogen (secondary N) is 2. The number of halogens is 1. The summed E-state index contributed by atoms with van der Waals surface area (Å²) in [6.07, 6.45) is 10.1. The molecule has 0 aliphatic rings. The molecule has 32 heteroatoms. The van der Waals surface area contributed by atoms with E-state index < -0.39 is 42.3 Å². The average molecular weight is 1870 g/mol. The number of thioether (sulfide) groups is 1. The highest BCUT2D eigenvalue weighted by atomic mass is 35.5. The molecule has 0 aliphatic heterocycles. The van der Waals surface area contributed by atoms with Crippen molar-refractivity contribution in [3.05, 3.63) is 87.3 Å². The molecule has 3 rings (SSSR count). The predicted octanol–water partition coefficient (Wildman–Crippen LogP) is 17.1. The largest absolute Gasteiger partial charge is 0.354 e. The van der Waals surface area contributed by atoms with Crippen molar-refractivity contribution in [2.45, 2.75) is 296 Å². The highest BCUT2D eigenvalue weighted by molar-refractivity contribution is 7.98. The predicted molar refractivity (Wildman–Crippen MR) is 524 cm³/mol. The van der Waals surface area contributed by atoms with Crippen molar-refractivity contribution in [2.75, 3.05) is 76.2 Å². The number of aromatic nitrogens is 1. The Kier molecular flexibility index (Phi) is 84.8. The summed E-state index contributed by atoms with van der Waals surface area (Å²) in [6, 6.07) is 18.2. The van der Waals surface area contributed by atoms with Gasteiger partial charge in [-0.15, -0.1) is 11.3 Å². The Morgan fingerprint density at radius 1 is 0.528 bits per heavy atom. The van der Waals surface area contributed by atoms with E-state index in [-0.39, 0.29) is 99.9 Å². The molecule has 2 aromatic carbocycles. The van der Waals surface area contributed by atoms with Crippen LogP contribution in [0.1, 0.15) is 280 Å². The molecule has 6 amide bonds. The van der Waals surface area contributed by atoms with Crippen LogP contribution in [-0.2, 0) is 80.0 Å². The van der Waals surface area contributed by atoms with Crippen LogP contribution in [0.4, 0.5) is 0 Å². The number of hydrazine groups is 2. The van der Waals surface area contributed by atoms with E-state index in [4.69, 9.17) is 29.7 Å². The van der Waals surface area contributed by atoms with Crippen LogP contribution in [-0.4, -0.2) is 233 Å². The van der Waals surface area contributed by atoms with Crippen molar-refractivity contribution in [3.8, 4) is 0 Å². The lowest BCUT2D eigenvalue weighted by Gasteiger charge is -2.33. The number of thiazole rings is 1. The van der Waals surface area contributed by atoms with Gasteiger partial charge in [0.15, 0.2) is 15.6 Å². The molecular formula is C91H168ClN9O16S6. The van der Waals surface area contributed by atoms with Crippen molar-refractivity contribution in [2.24, 2.45) is 53.2 Å². The first kappa shape index (κ1) is 135. The monoisotopic (exact) mass is 1870 g/mol. The molecule has 3 atom stereocenters. The van der Waals surface area contributed by atoms with Crippen LogP contribution in [0.25, 0.3) is 0 Å². The summed E-state index contributed by atoms with van der Waals surface area (Å²) >= 11 is 13.8. The minimum Gasteiger partial charge on any atom is -0.354 e. The number of nitrogens with zero attached hydrogens (tertiary/aromatic N) is 6. The molecule has 25 nitrogen and oxygen atoms in total. The van der Waals surface area contributed by atoms with E-state index in [1.165, 1.54) is 32.1 Å². The summed E-state index contributed by atoms with van der Waals surface area (Å²) in [5.41, 5.74) is 4.00. The maximum atomic E-state index is 11.4. The van der Waals surface area contributed by atoms with Gasteiger partial charge in [0.2, 0.25) is 29.5 Å². The number of amides is 6. The van der Waals surface area contributed by atoms with Crippen molar-refractivity contribution < 1.29 is 73.8 Å². The zero-order valence-corrected chi connectivity index (χ0v) is 88.5. The Morgan fingerprint density at radius 2 is 0.927 bits per heavy atom. The third-order valence-electron chi connectivity index (χ3n) is 15.3. The van der Waals surface area contributed by atoms with Crippen molar-refractivity contribution in [1.29, 1.82) is 0 Å². The van der Waals surface area contributed by atoms with E-state index >= 15 is 0 Å². The second kappa shape index (κ2) is 77.3. The number of hydrogen-bond donors (Lipinski definition) is 3. The molecular weight excluding hydrogens is 1700 g/mol. The minimum atomic E-state index is -3.12. The zero-order valence-electron chi connectivity index (χ0n) is 82.8. The number of ketones is 5. The minimum absolute atomic E-state index is 0.0292. The molecule has 0 saturated heterocycles. The van der Waals surface area contributed by atoms with Gasteiger partial charge in [0, 0.05) is 173 Å². The van der Waals surface area contributed by atoms with Crippen LogP contribution in [0, 0.1) is 47.3 Å². The molecule has 0 radical (unpaired) electrons. The SMILES string of the molecule is CC(=O)N(C(C)=O)N(C(C)=O)C(C)C.CC(=O)N(C)C(C)C.CC(=S)CC(C)C.CC(C)CC(=O)C(C)CS(C)(=O)=O.CC(C)CC(=O)CS(C)(=O)=O.CC(C)CC(=O)CS(C)=O.CC(C)CC(=O)c1cscn1.CC(C)N(C)C.CC(C)N(C)N.CC(C)NC(=O)Cc1ccccc1.CC(C)NC(=O)c1ccc(Cl)cc1.CSCC(C)C(=O)CC(C)C. The van der Waals surface area contributed by atoms with Gasteiger partial charge in [-0.3, -0.25) is 62.8 Å². The van der Waals surface area contributed by atoms with Gasteiger partial charge in [0.1, 0.15) is 44.4 Å². The number of carbonyl (C=O) groups excluding carboxylic acids is 11. The molecule has 0 saturated carbocycles. The first-order chi connectivity index (χ1) is 55.8. The number of thiocarbonyl (C=S) groups is 1. The van der Waals surface area contributed by atoms with E-state index in [9.17, 15) is 73.8 Å². The third kappa shape index (κ3) is 98.1. The molecule has 0 spiro atoms. The number of rotatable bonds is 32. The maximum absolute atomic E-state index is 11.4. The van der Waals surface area contributed by atoms with Crippen LogP contribution in [0.15, 0.2) is 65.5 Å². The third-order valence-corrected chi connectivity index (χ3v) is 19.8. The van der Waals surface area contributed by atoms with E-state index in [1.54, 1.807) is 97.8 Å². The normalized spacial score (nSPS) is 11.4. The molecule has 0 bridgehead atoms. The van der Waals surface area contributed by atoms with Crippen LogP contribution >= 0.6 is 46.9 Å². The lowest BCUT2D eigenvalue weighted by molar-refractivity contribution is -0.173. The molecule has 716 valence electrons. The number of benzene rings is 2. The smallest absolute Gasteiger partial charge is 0.251 e. The Labute approximate surface area is 768 Å². The molecule has 0 aliphatic carbocycles. The van der Waals surface area contributed by atoms with Gasteiger partial charge in [-0.1, -0.05) is 151 Å². The van der Waals surface area contributed by atoms with Gasteiger partial charge >= 0.3 is 0 Å². The Balaban J connectivity index is -0.000000166. The molecule has 1 aromatic heterocycles. The summed E-state index contributed by atoms with van der Waals surface area (Å²) in [5.74, 6) is 8.00. The van der Waals surface area contributed by atoms with Gasteiger partial charge in [-0.05, 0) is 187 Å². The quantitative estimate of drug-likeness (QED) is 0.0226. The standard InChI is InChI=1S/C11H15NO.C10H12ClNO.C9H16N2O3.C9H18O3S.C9H18OS.C8H11NOS.C7H14O3S.C7H14O2S.C6H13NO.C6H12S.C5H13N.C4H12N2/c1-9(2)12-11(13)8-10-6-4-3-5-7-10;1-7(2)12-10(13)8-3-5-9(11)6-4-8;1-6(2)10(7(3)12)11(8(4)13)9(5)14;1-7(2)5-9(10)8(3)6-13(4,11)12;1-7(2)5-9(10)8(3)6-11-4;1-6(2)3-8(10)7-4-11-5-9-7;1-6(2)4-7(8)5-11(3,9)10;1-6(2)4-7(8)5-10(3)9;1-5(2)7(4)6(3)8;1-5(2)4-6(3)7;1-5(2)6(3)4;1-4(2)6(3)5/h3-7,9H,8H2,1-2H3,(H,12,13);3-7H,1-2H3,(H,12,13);6H,1-5H3;7-8H,5-6H2,1-4H3;7-8H,5-6H2,1-4H3;4-6H,3H2,1-2H3;6H,4-5H2,1-3H3;6H,4-5H2,1-3H3;5H,1-4H3;5H,4H2,1-3H3;5H,1-4H3;4H,5H2,1-3H3. The second-order valence-corrected chi connectivity index (χ2v) is 43.1. The summed E-state index contributed by atoms with van der Waals surface area (Å²) in [5, 5.41) is 11.7. The molecule has 3 unspecified atom stereocenters. The van der Waals surface area contributed by atoms with Crippen molar-refractivity contribution in [1.82, 2.24) is 40.4 Å². The topological polar surface area (TPSA) is 352 Å². The first-order valence-corrected chi connectivity index (χ1v) is 50.8. The summed E-state index contributed by atoms with van der Waals surface area (Å²) < 4.78 is 53.5. The van der Waals surface area contributed by atoms with Crippen molar-refractivity contribution in [3.63, 3.8) is 0 Å².